The van der Waals surface area contributed by atoms with Crippen LogP contribution in [0.1, 0.15) is 11.1 Å². The van der Waals surface area contributed by atoms with E-state index in [4.69, 9.17) is 0 Å². The van der Waals surface area contributed by atoms with E-state index >= 15 is 0 Å². The lowest BCUT2D eigenvalue weighted by Gasteiger charge is -2.11. The second-order valence-electron chi connectivity index (χ2n) is 8.74. The predicted octanol–water partition coefficient (Wildman–Crippen LogP) is 8.82. The van der Waals surface area contributed by atoms with Crippen LogP contribution in [0.5, 0.6) is 0 Å². The molecule has 4 aromatic carbocycles. The fraction of sp³-hybridized carbons (Fsp3) is 0.133. The maximum atomic E-state index is 4.34. The van der Waals surface area contributed by atoms with Crippen LogP contribution in [-0.2, 0) is 0 Å². The number of hydrogen-bond donors (Lipinski definition) is 0. The van der Waals surface area contributed by atoms with Crippen molar-refractivity contribution in [2.24, 2.45) is 20.5 Å². The zero-order chi connectivity index (χ0) is 25.3. The minimum atomic E-state index is 0.815. The van der Waals surface area contributed by atoms with E-state index in [-0.39, 0.29) is 0 Å². The monoisotopic (exact) mass is 474 g/mol. The molecule has 36 heavy (non-hydrogen) atoms. The first-order chi connectivity index (χ1) is 17.5. The van der Waals surface area contributed by atoms with Gasteiger partial charge < -0.3 is 9.80 Å². The molecular formula is C30H30N6. The lowest BCUT2D eigenvalue weighted by atomic mass is 10.1. The van der Waals surface area contributed by atoms with E-state index in [9.17, 15) is 0 Å². The Labute approximate surface area is 213 Å². The first kappa shape index (κ1) is 24.5. The van der Waals surface area contributed by atoms with Crippen LogP contribution < -0.4 is 9.80 Å². The van der Waals surface area contributed by atoms with Gasteiger partial charge in [0.25, 0.3) is 0 Å². The quantitative estimate of drug-likeness (QED) is 0.189. The third-order valence-electron chi connectivity index (χ3n) is 5.55. The number of anilines is 2. The third kappa shape index (κ3) is 6.96. The molecule has 0 aliphatic rings. The van der Waals surface area contributed by atoms with Crippen LogP contribution in [0.4, 0.5) is 34.1 Å². The van der Waals surface area contributed by atoms with Crippen molar-refractivity contribution in [3.63, 3.8) is 0 Å². The summed E-state index contributed by atoms with van der Waals surface area (Å²) in [5.74, 6) is 0. The number of benzene rings is 4. The SMILES string of the molecule is CN(C)c1ccc(N=Nc2ccc(/C=C/c3ccc(N=Nc4ccc(N(C)C)cc4)cc3)cc2)cc1. The Morgan fingerprint density at radius 1 is 0.389 bits per heavy atom. The van der Waals surface area contributed by atoms with E-state index in [2.05, 4.69) is 42.4 Å². The molecule has 0 aliphatic carbocycles. The second kappa shape index (κ2) is 11.7. The highest BCUT2D eigenvalue weighted by Crippen LogP contribution is 2.24. The normalized spacial score (nSPS) is 11.6. The van der Waals surface area contributed by atoms with Crippen molar-refractivity contribution in [1.29, 1.82) is 0 Å². The van der Waals surface area contributed by atoms with Crippen LogP contribution in [0.2, 0.25) is 0 Å². The fourth-order valence-electron chi connectivity index (χ4n) is 3.36. The molecule has 4 rings (SSSR count). The number of azo groups is 2. The Bertz CT molecular complexity index is 1230. The Kier molecular flexibility index (Phi) is 7.98. The van der Waals surface area contributed by atoms with Gasteiger partial charge in [-0.25, -0.2) is 0 Å². The molecule has 4 aromatic rings. The molecule has 0 N–H and O–H groups in total. The van der Waals surface area contributed by atoms with Crippen molar-refractivity contribution in [3.05, 3.63) is 108 Å². The Morgan fingerprint density at radius 2 is 0.639 bits per heavy atom. The maximum absolute atomic E-state index is 4.34. The van der Waals surface area contributed by atoms with Gasteiger partial charge in [-0.05, 0) is 83.9 Å². The highest BCUT2D eigenvalue weighted by Gasteiger charge is 1.97. The molecule has 0 amide bonds. The van der Waals surface area contributed by atoms with E-state index in [1.807, 2.05) is 125 Å². The molecule has 6 nitrogen and oxygen atoms in total. The van der Waals surface area contributed by atoms with Gasteiger partial charge in [0.1, 0.15) is 0 Å². The standard InChI is InChI=1S/C30H30N6/c1-35(2)29-19-15-27(16-20-29)33-31-25-11-7-23(8-12-25)5-6-24-9-13-26(14-10-24)32-34-28-17-21-30(22-18-28)36(3)4/h5-22H,1-4H3/b6-5+,33-31?,34-32?. The highest BCUT2D eigenvalue weighted by atomic mass is 15.1. The zero-order valence-electron chi connectivity index (χ0n) is 21.1. The van der Waals surface area contributed by atoms with Crippen molar-refractivity contribution in [3.8, 4) is 0 Å². The molecule has 0 fully saturated rings. The summed E-state index contributed by atoms with van der Waals surface area (Å²) < 4.78 is 0. The molecule has 0 aromatic heterocycles. The molecule has 0 heterocycles. The first-order valence-electron chi connectivity index (χ1n) is 11.7. The van der Waals surface area contributed by atoms with Gasteiger partial charge in [-0.1, -0.05) is 36.4 Å². The van der Waals surface area contributed by atoms with Gasteiger partial charge in [-0.2, -0.15) is 20.5 Å². The summed E-state index contributed by atoms with van der Waals surface area (Å²) in [4.78, 5) is 4.11. The van der Waals surface area contributed by atoms with E-state index in [1.54, 1.807) is 0 Å². The molecule has 0 bridgehead atoms. The van der Waals surface area contributed by atoms with Gasteiger partial charge in [0.15, 0.2) is 0 Å². The molecule has 6 heteroatoms. The van der Waals surface area contributed by atoms with Gasteiger partial charge >= 0.3 is 0 Å². The van der Waals surface area contributed by atoms with Crippen molar-refractivity contribution < 1.29 is 0 Å². The molecule has 0 saturated carbocycles. The molecule has 0 aliphatic heterocycles. The van der Waals surface area contributed by atoms with Crippen LogP contribution in [-0.4, -0.2) is 28.2 Å². The molecule has 0 spiro atoms. The number of rotatable bonds is 8. The average molecular weight is 475 g/mol. The molecule has 0 atom stereocenters. The highest BCUT2D eigenvalue weighted by molar-refractivity contribution is 5.70. The van der Waals surface area contributed by atoms with Crippen molar-refractivity contribution in [2.45, 2.75) is 0 Å². The van der Waals surface area contributed by atoms with E-state index in [0.717, 1.165) is 45.3 Å². The van der Waals surface area contributed by atoms with Crippen molar-refractivity contribution in [1.82, 2.24) is 0 Å². The summed E-state index contributed by atoms with van der Waals surface area (Å²) in [7, 11) is 8.06. The van der Waals surface area contributed by atoms with E-state index < -0.39 is 0 Å². The van der Waals surface area contributed by atoms with Gasteiger partial charge in [-0.3, -0.25) is 0 Å². The fourth-order valence-corrected chi connectivity index (χ4v) is 3.36. The summed E-state index contributed by atoms with van der Waals surface area (Å²) in [6.07, 6.45) is 4.15. The Balaban J connectivity index is 1.32. The third-order valence-corrected chi connectivity index (χ3v) is 5.55. The maximum Gasteiger partial charge on any atom is 0.0858 e. The lowest BCUT2D eigenvalue weighted by molar-refractivity contribution is 1.13. The van der Waals surface area contributed by atoms with Gasteiger partial charge in [-0.15, -0.1) is 0 Å². The summed E-state index contributed by atoms with van der Waals surface area (Å²) in [6.45, 7) is 0. The molecule has 0 radical (unpaired) electrons. The summed E-state index contributed by atoms with van der Waals surface area (Å²) in [5.41, 5.74) is 7.74. The van der Waals surface area contributed by atoms with Crippen LogP contribution in [0.15, 0.2) is 118 Å². The van der Waals surface area contributed by atoms with Crippen LogP contribution in [0.3, 0.4) is 0 Å². The summed E-state index contributed by atoms with van der Waals surface area (Å²) in [6, 6.07) is 32.0. The second-order valence-corrected chi connectivity index (χ2v) is 8.74. The summed E-state index contributed by atoms with van der Waals surface area (Å²) in [5, 5.41) is 17.3. The molecular weight excluding hydrogens is 444 g/mol. The summed E-state index contributed by atoms with van der Waals surface area (Å²) >= 11 is 0. The van der Waals surface area contributed by atoms with Crippen LogP contribution >= 0.6 is 0 Å². The van der Waals surface area contributed by atoms with Crippen molar-refractivity contribution in [2.75, 3.05) is 38.0 Å². The zero-order valence-corrected chi connectivity index (χ0v) is 21.1. The molecule has 0 unspecified atom stereocenters. The minimum Gasteiger partial charge on any atom is -0.378 e. The lowest BCUT2D eigenvalue weighted by Crippen LogP contribution is -2.07. The average Bonchev–Trinajstić information content (AvgIpc) is 2.91. The first-order valence-corrected chi connectivity index (χ1v) is 11.7. The molecule has 0 saturated heterocycles. The largest absolute Gasteiger partial charge is 0.378 e. The van der Waals surface area contributed by atoms with E-state index in [0.29, 0.717) is 0 Å². The van der Waals surface area contributed by atoms with Gasteiger partial charge in [0, 0.05) is 39.6 Å². The predicted molar refractivity (Wildman–Crippen MR) is 152 cm³/mol. The van der Waals surface area contributed by atoms with Crippen LogP contribution in [0.25, 0.3) is 12.2 Å². The minimum absolute atomic E-state index is 0.815. The van der Waals surface area contributed by atoms with Crippen LogP contribution in [0, 0.1) is 0 Å². The van der Waals surface area contributed by atoms with Gasteiger partial charge in [0.05, 0.1) is 22.7 Å². The molecule has 180 valence electrons. The topological polar surface area (TPSA) is 55.9 Å². The Hall–Kier alpha value is -4.58. The Morgan fingerprint density at radius 3 is 0.889 bits per heavy atom. The smallest absolute Gasteiger partial charge is 0.0858 e. The van der Waals surface area contributed by atoms with E-state index in [1.165, 1.54) is 0 Å². The van der Waals surface area contributed by atoms with Crippen molar-refractivity contribution >= 4 is 46.3 Å². The number of hydrogen-bond acceptors (Lipinski definition) is 6. The van der Waals surface area contributed by atoms with Gasteiger partial charge in [0.2, 0.25) is 0 Å². The number of nitrogens with zero attached hydrogens (tertiary/aromatic N) is 6.